The van der Waals surface area contributed by atoms with Crippen molar-refractivity contribution in [2.24, 2.45) is 5.92 Å². The van der Waals surface area contributed by atoms with Crippen LogP contribution in [0.25, 0.3) is 0 Å². The summed E-state index contributed by atoms with van der Waals surface area (Å²) in [5, 5.41) is 3.62. The highest BCUT2D eigenvalue weighted by Crippen LogP contribution is 2.29. The lowest BCUT2D eigenvalue weighted by atomic mass is 9.97. The highest BCUT2D eigenvalue weighted by Gasteiger charge is 2.31. The van der Waals surface area contributed by atoms with Gasteiger partial charge in [-0.15, -0.1) is 0 Å². The molecule has 9 heteroatoms. The molecule has 0 unspecified atom stereocenters. The van der Waals surface area contributed by atoms with E-state index in [0.29, 0.717) is 48.1 Å². The molecule has 1 amide bonds. The van der Waals surface area contributed by atoms with E-state index in [2.05, 4.69) is 5.32 Å². The minimum Gasteiger partial charge on any atom is -0.491 e. The van der Waals surface area contributed by atoms with Gasteiger partial charge in [0.1, 0.15) is 5.75 Å². The first-order valence-electron chi connectivity index (χ1n) is 10.6. The summed E-state index contributed by atoms with van der Waals surface area (Å²) in [5.41, 5.74) is 1.35. The zero-order chi connectivity index (χ0) is 23.3. The molecular weight excluding hydrogens is 471 g/mol. The van der Waals surface area contributed by atoms with Crippen LogP contribution in [0.15, 0.2) is 42.5 Å². The van der Waals surface area contributed by atoms with Crippen LogP contribution < -0.4 is 10.1 Å². The first kappa shape index (κ1) is 24.8. The minimum absolute atomic E-state index is 0.0635. The standard InChI is InChI=1S/C23H28Cl2N2O4S/c1-16(2)31-19-6-3-5-17(13-19)14-26-23(28)18-9-11-27(12-10-18)32(29,30)15-20-21(24)7-4-8-22(20)25/h3-8,13,16,18H,9-12,14-15H2,1-2H3,(H,26,28). The van der Waals surface area contributed by atoms with E-state index >= 15 is 0 Å². The van der Waals surface area contributed by atoms with Crippen LogP contribution in [0.2, 0.25) is 10.0 Å². The van der Waals surface area contributed by atoms with Gasteiger partial charge >= 0.3 is 0 Å². The van der Waals surface area contributed by atoms with E-state index in [9.17, 15) is 13.2 Å². The molecule has 2 aromatic carbocycles. The number of sulfonamides is 1. The quantitative estimate of drug-likeness (QED) is 0.575. The van der Waals surface area contributed by atoms with Gasteiger partial charge < -0.3 is 10.1 Å². The lowest BCUT2D eigenvalue weighted by molar-refractivity contribution is -0.126. The van der Waals surface area contributed by atoms with Crippen molar-refractivity contribution >= 4 is 39.1 Å². The molecule has 0 spiro atoms. The second kappa shape index (κ2) is 10.9. The summed E-state index contributed by atoms with van der Waals surface area (Å²) in [5.74, 6) is 0.229. The van der Waals surface area contributed by atoms with Crippen molar-refractivity contribution in [3.05, 3.63) is 63.6 Å². The second-order valence-corrected chi connectivity index (χ2v) is 10.9. The van der Waals surface area contributed by atoms with E-state index in [1.165, 1.54) is 4.31 Å². The number of amides is 1. The van der Waals surface area contributed by atoms with Gasteiger partial charge in [-0.25, -0.2) is 12.7 Å². The number of carbonyl (C=O) groups excluding carboxylic acids is 1. The fourth-order valence-electron chi connectivity index (χ4n) is 3.67. The molecule has 174 valence electrons. The monoisotopic (exact) mass is 498 g/mol. The number of nitrogens with one attached hydrogen (secondary N) is 1. The topological polar surface area (TPSA) is 75.7 Å². The Morgan fingerprint density at radius 3 is 2.38 bits per heavy atom. The number of hydrogen-bond acceptors (Lipinski definition) is 4. The molecule has 0 bridgehead atoms. The SMILES string of the molecule is CC(C)Oc1cccc(CNC(=O)C2CCN(S(=O)(=O)Cc3c(Cl)cccc3Cl)CC2)c1. The third-order valence-electron chi connectivity index (χ3n) is 5.34. The maximum atomic E-state index is 12.9. The Morgan fingerprint density at radius 1 is 1.12 bits per heavy atom. The number of nitrogens with zero attached hydrogens (tertiary/aromatic N) is 1. The Balaban J connectivity index is 1.52. The third-order valence-corrected chi connectivity index (χ3v) is 7.86. The molecule has 1 saturated heterocycles. The highest BCUT2D eigenvalue weighted by atomic mass is 35.5. The Bertz CT molecular complexity index is 1030. The van der Waals surface area contributed by atoms with Crippen LogP contribution in [0.1, 0.15) is 37.8 Å². The number of ether oxygens (including phenoxy) is 1. The average Bonchev–Trinajstić information content (AvgIpc) is 2.75. The summed E-state index contributed by atoms with van der Waals surface area (Å²) in [6, 6.07) is 12.6. The summed E-state index contributed by atoms with van der Waals surface area (Å²) >= 11 is 12.3. The number of halogens is 2. The van der Waals surface area contributed by atoms with Crippen LogP contribution in [0.4, 0.5) is 0 Å². The summed E-state index contributed by atoms with van der Waals surface area (Å²) in [4.78, 5) is 12.6. The van der Waals surface area contributed by atoms with Gasteiger partial charge in [0.25, 0.3) is 0 Å². The van der Waals surface area contributed by atoms with Gasteiger partial charge in [0.15, 0.2) is 0 Å². The van der Waals surface area contributed by atoms with Crippen molar-refractivity contribution < 1.29 is 17.9 Å². The molecule has 1 heterocycles. The van der Waals surface area contributed by atoms with Crippen molar-refractivity contribution in [2.75, 3.05) is 13.1 Å². The van der Waals surface area contributed by atoms with Gasteiger partial charge in [0.05, 0.1) is 11.9 Å². The van der Waals surface area contributed by atoms with Gasteiger partial charge in [-0.1, -0.05) is 41.4 Å². The van der Waals surface area contributed by atoms with Crippen LogP contribution >= 0.6 is 23.2 Å². The smallest absolute Gasteiger partial charge is 0.223 e. The first-order valence-corrected chi connectivity index (χ1v) is 13.0. The largest absolute Gasteiger partial charge is 0.491 e. The van der Waals surface area contributed by atoms with Crippen LogP contribution in [0.3, 0.4) is 0 Å². The first-order chi connectivity index (χ1) is 15.2. The summed E-state index contributed by atoms with van der Waals surface area (Å²) in [7, 11) is -3.58. The Hall–Kier alpha value is -1.80. The van der Waals surface area contributed by atoms with Crippen molar-refractivity contribution in [1.82, 2.24) is 9.62 Å². The maximum Gasteiger partial charge on any atom is 0.223 e. The molecule has 32 heavy (non-hydrogen) atoms. The normalized spacial score (nSPS) is 15.7. The lowest BCUT2D eigenvalue weighted by Crippen LogP contribution is -2.43. The van der Waals surface area contributed by atoms with Gasteiger partial charge in [-0.3, -0.25) is 4.79 Å². The summed E-state index contributed by atoms with van der Waals surface area (Å²) in [6.45, 7) is 4.91. The molecule has 3 rings (SSSR count). The molecule has 1 aliphatic rings. The van der Waals surface area contributed by atoms with Crippen LogP contribution in [-0.4, -0.2) is 37.8 Å². The van der Waals surface area contributed by atoms with Gasteiger partial charge in [0.2, 0.25) is 15.9 Å². The fraction of sp³-hybridized carbons (Fsp3) is 0.435. The van der Waals surface area contributed by atoms with E-state index < -0.39 is 10.0 Å². The molecule has 1 fully saturated rings. The molecule has 2 aromatic rings. The Kier molecular flexibility index (Phi) is 8.44. The number of rotatable bonds is 8. The minimum atomic E-state index is -3.58. The zero-order valence-corrected chi connectivity index (χ0v) is 20.5. The molecule has 0 aliphatic carbocycles. The number of piperidine rings is 1. The number of carbonyl (C=O) groups is 1. The van der Waals surface area contributed by atoms with Crippen molar-refractivity contribution in [2.45, 2.75) is 45.1 Å². The summed E-state index contributed by atoms with van der Waals surface area (Å²) in [6.07, 6.45) is 1.02. The lowest BCUT2D eigenvalue weighted by Gasteiger charge is -2.30. The van der Waals surface area contributed by atoms with Crippen molar-refractivity contribution in [1.29, 1.82) is 0 Å². The van der Waals surface area contributed by atoms with E-state index in [1.54, 1.807) is 18.2 Å². The molecule has 1 aliphatic heterocycles. The van der Waals surface area contributed by atoms with Gasteiger partial charge in [-0.05, 0) is 56.5 Å². The molecule has 0 atom stereocenters. The highest BCUT2D eigenvalue weighted by molar-refractivity contribution is 7.88. The third kappa shape index (κ3) is 6.61. The van der Waals surface area contributed by atoms with E-state index in [4.69, 9.17) is 27.9 Å². The second-order valence-electron chi connectivity index (χ2n) is 8.16. The van der Waals surface area contributed by atoms with Crippen LogP contribution in [0.5, 0.6) is 5.75 Å². The number of benzene rings is 2. The summed E-state index contributed by atoms with van der Waals surface area (Å²) < 4.78 is 32.8. The van der Waals surface area contributed by atoms with Crippen molar-refractivity contribution in [3.63, 3.8) is 0 Å². The molecule has 1 N–H and O–H groups in total. The maximum absolute atomic E-state index is 12.9. The predicted molar refractivity (Wildman–Crippen MR) is 127 cm³/mol. The molecule has 6 nitrogen and oxygen atoms in total. The molecular formula is C23H28Cl2N2O4S. The van der Waals surface area contributed by atoms with E-state index in [1.807, 2.05) is 38.1 Å². The van der Waals surface area contributed by atoms with Crippen LogP contribution in [0, 0.1) is 5.92 Å². The molecule has 0 radical (unpaired) electrons. The van der Waals surface area contributed by atoms with Gasteiger partial charge in [-0.2, -0.15) is 0 Å². The number of hydrogen-bond donors (Lipinski definition) is 1. The molecule has 0 saturated carbocycles. The van der Waals surface area contributed by atoms with Crippen molar-refractivity contribution in [3.8, 4) is 5.75 Å². The zero-order valence-electron chi connectivity index (χ0n) is 18.2. The Labute approximate surface area is 199 Å². The van der Waals surface area contributed by atoms with E-state index in [0.717, 1.165) is 11.3 Å². The van der Waals surface area contributed by atoms with Gasteiger partial charge in [0, 0.05) is 41.2 Å². The fourth-order valence-corrected chi connectivity index (χ4v) is 5.99. The van der Waals surface area contributed by atoms with Crippen LogP contribution in [-0.2, 0) is 27.1 Å². The molecule has 0 aromatic heterocycles. The Morgan fingerprint density at radius 2 is 1.75 bits per heavy atom. The van der Waals surface area contributed by atoms with E-state index in [-0.39, 0.29) is 23.7 Å². The predicted octanol–water partition coefficient (Wildman–Crippen LogP) is 4.64. The average molecular weight is 499 g/mol.